The van der Waals surface area contributed by atoms with E-state index in [9.17, 15) is 4.79 Å². The number of rotatable bonds is 10. The number of thioether (sulfide) groups is 1. The Morgan fingerprint density at radius 2 is 1.87 bits per heavy atom. The minimum Gasteiger partial charge on any atom is -0.494 e. The van der Waals surface area contributed by atoms with E-state index in [2.05, 4.69) is 22.4 Å². The highest BCUT2D eigenvalue weighted by atomic mass is 35.5. The highest BCUT2D eigenvalue weighted by Gasteiger charge is 2.16. The van der Waals surface area contributed by atoms with Gasteiger partial charge >= 0.3 is 0 Å². The lowest BCUT2D eigenvalue weighted by molar-refractivity contribution is 0.0949. The minimum absolute atomic E-state index is 0.200. The monoisotopic (exact) mass is 478 g/mol. The van der Waals surface area contributed by atoms with Crippen LogP contribution in [0.15, 0.2) is 47.6 Å². The molecule has 0 unspecified atom stereocenters. The van der Waals surface area contributed by atoms with E-state index >= 15 is 0 Å². The SMILES string of the molecule is CCCCOc1ccc(C(=O)NCc2nnc(SCC)n2-c2ccc(Cl)c(Cl)c2)cc1. The summed E-state index contributed by atoms with van der Waals surface area (Å²) in [4.78, 5) is 12.6. The first-order chi connectivity index (χ1) is 15.0. The normalized spacial score (nSPS) is 10.8. The van der Waals surface area contributed by atoms with Crippen LogP contribution in [-0.4, -0.2) is 33.0 Å². The maximum atomic E-state index is 12.6. The van der Waals surface area contributed by atoms with E-state index in [1.165, 1.54) is 0 Å². The molecule has 0 aliphatic heterocycles. The lowest BCUT2D eigenvalue weighted by Crippen LogP contribution is -2.24. The zero-order valence-electron chi connectivity index (χ0n) is 17.4. The second kappa shape index (κ2) is 11.4. The second-order valence-corrected chi connectivity index (χ2v) is 8.72. The van der Waals surface area contributed by atoms with Crippen LogP contribution >= 0.6 is 35.0 Å². The van der Waals surface area contributed by atoms with Gasteiger partial charge in [0, 0.05) is 5.56 Å². The number of ether oxygens (including phenoxy) is 1. The van der Waals surface area contributed by atoms with Crippen molar-refractivity contribution >= 4 is 40.9 Å². The van der Waals surface area contributed by atoms with Crippen LogP contribution in [0.4, 0.5) is 0 Å². The summed E-state index contributed by atoms with van der Waals surface area (Å²) in [6.45, 7) is 5.04. The molecular formula is C22H24Cl2N4O2S. The van der Waals surface area contributed by atoms with E-state index in [1.807, 2.05) is 17.6 Å². The highest BCUT2D eigenvalue weighted by molar-refractivity contribution is 7.99. The fourth-order valence-corrected chi connectivity index (χ4v) is 3.81. The first-order valence-electron chi connectivity index (χ1n) is 10.1. The number of carbonyl (C=O) groups excluding carboxylic acids is 1. The molecule has 164 valence electrons. The number of aromatic nitrogens is 3. The van der Waals surface area contributed by atoms with Crippen molar-refractivity contribution in [1.82, 2.24) is 20.1 Å². The third-order valence-corrected chi connectivity index (χ3v) is 5.98. The van der Waals surface area contributed by atoms with Crippen molar-refractivity contribution in [3.63, 3.8) is 0 Å². The number of benzene rings is 2. The van der Waals surface area contributed by atoms with Crippen LogP contribution in [0.5, 0.6) is 5.75 Å². The molecule has 0 saturated carbocycles. The fourth-order valence-electron chi connectivity index (χ4n) is 2.82. The van der Waals surface area contributed by atoms with Gasteiger partial charge in [-0.2, -0.15) is 0 Å². The molecule has 2 aromatic carbocycles. The van der Waals surface area contributed by atoms with Crippen molar-refractivity contribution < 1.29 is 9.53 Å². The standard InChI is InChI=1S/C22H24Cl2N4O2S/c1-3-5-12-30-17-9-6-15(7-10-17)21(29)25-14-20-26-27-22(31-4-2)28(20)16-8-11-18(23)19(24)13-16/h6-11,13H,3-5,12,14H2,1-2H3,(H,25,29). The molecule has 6 nitrogen and oxygen atoms in total. The van der Waals surface area contributed by atoms with E-state index in [1.54, 1.807) is 48.2 Å². The van der Waals surface area contributed by atoms with Gasteiger partial charge in [0.15, 0.2) is 11.0 Å². The Labute approximate surface area is 196 Å². The molecule has 0 spiro atoms. The van der Waals surface area contributed by atoms with Crippen LogP contribution in [0, 0.1) is 0 Å². The predicted octanol–water partition coefficient (Wildman–Crippen LogP) is 5.80. The summed E-state index contributed by atoms with van der Waals surface area (Å²) in [5.74, 6) is 1.99. The molecular weight excluding hydrogens is 455 g/mol. The smallest absolute Gasteiger partial charge is 0.251 e. The van der Waals surface area contributed by atoms with Gasteiger partial charge in [0.25, 0.3) is 5.91 Å². The average molecular weight is 479 g/mol. The summed E-state index contributed by atoms with van der Waals surface area (Å²) in [6.07, 6.45) is 2.08. The van der Waals surface area contributed by atoms with Gasteiger partial charge in [-0.3, -0.25) is 9.36 Å². The van der Waals surface area contributed by atoms with E-state index in [-0.39, 0.29) is 12.5 Å². The van der Waals surface area contributed by atoms with Crippen LogP contribution in [-0.2, 0) is 6.54 Å². The molecule has 1 aromatic heterocycles. The molecule has 1 heterocycles. The summed E-state index contributed by atoms with van der Waals surface area (Å²) in [5.41, 5.74) is 1.33. The highest BCUT2D eigenvalue weighted by Crippen LogP contribution is 2.28. The number of nitrogens with one attached hydrogen (secondary N) is 1. The maximum Gasteiger partial charge on any atom is 0.251 e. The summed E-state index contributed by atoms with van der Waals surface area (Å²) in [6, 6.07) is 12.4. The third-order valence-electron chi connectivity index (χ3n) is 4.43. The van der Waals surface area contributed by atoms with Gasteiger partial charge in [0.1, 0.15) is 5.75 Å². The van der Waals surface area contributed by atoms with E-state index in [4.69, 9.17) is 27.9 Å². The zero-order valence-corrected chi connectivity index (χ0v) is 19.7. The van der Waals surface area contributed by atoms with Crippen molar-refractivity contribution in [3.8, 4) is 11.4 Å². The molecule has 0 bridgehead atoms. The fraction of sp³-hybridized carbons (Fsp3) is 0.318. The van der Waals surface area contributed by atoms with Crippen molar-refractivity contribution in [1.29, 1.82) is 0 Å². The Kier molecular flexibility index (Phi) is 8.63. The van der Waals surface area contributed by atoms with Gasteiger partial charge in [0.2, 0.25) is 0 Å². The number of hydrogen-bond acceptors (Lipinski definition) is 5. The zero-order chi connectivity index (χ0) is 22.2. The molecule has 3 rings (SSSR count). The van der Waals surface area contributed by atoms with Gasteiger partial charge < -0.3 is 10.1 Å². The van der Waals surface area contributed by atoms with Crippen molar-refractivity contribution in [3.05, 3.63) is 63.9 Å². The third kappa shape index (κ3) is 6.15. The molecule has 0 saturated heterocycles. The van der Waals surface area contributed by atoms with E-state index < -0.39 is 0 Å². The van der Waals surface area contributed by atoms with Crippen molar-refractivity contribution in [2.75, 3.05) is 12.4 Å². The Bertz CT molecular complexity index is 1020. The van der Waals surface area contributed by atoms with Crippen molar-refractivity contribution in [2.24, 2.45) is 0 Å². The van der Waals surface area contributed by atoms with Crippen LogP contribution in [0.2, 0.25) is 10.0 Å². The summed E-state index contributed by atoms with van der Waals surface area (Å²) in [5, 5.41) is 13.1. The van der Waals surface area contributed by atoms with Gasteiger partial charge in [-0.1, -0.05) is 55.2 Å². The molecule has 0 aliphatic rings. The Morgan fingerprint density at radius 3 is 2.55 bits per heavy atom. The molecule has 3 aromatic rings. The Morgan fingerprint density at radius 1 is 1.10 bits per heavy atom. The number of halogens is 2. The Balaban J connectivity index is 1.72. The van der Waals surface area contributed by atoms with Crippen LogP contribution in [0.3, 0.4) is 0 Å². The first-order valence-corrected chi connectivity index (χ1v) is 11.8. The first kappa shape index (κ1) is 23.4. The average Bonchev–Trinajstić information content (AvgIpc) is 3.17. The van der Waals surface area contributed by atoms with Gasteiger partial charge in [-0.15, -0.1) is 10.2 Å². The lowest BCUT2D eigenvalue weighted by atomic mass is 10.2. The quantitative estimate of drug-likeness (QED) is 0.294. The second-order valence-electron chi connectivity index (χ2n) is 6.67. The van der Waals surface area contributed by atoms with Gasteiger partial charge in [0.05, 0.1) is 28.9 Å². The maximum absolute atomic E-state index is 12.6. The molecule has 1 N–H and O–H groups in total. The molecule has 31 heavy (non-hydrogen) atoms. The summed E-state index contributed by atoms with van der Waals surface area (Å²) < 4.78 is 7.52. The number of hydrogen-bond donors (Lipinski definition) is 1. The number of nitrogens with zero attached hydrogens (tertiary/aromatic N) is 3. The number of unbranched alkanes of at least 4 members (excludes halogenated alkanes) is 1. The minimum atomic E-state index is -0.200. The topological polar surface area (TPSA) is 69.0 Å². The van der Waals surface area contributed by atoms with Crippen LogP contribution in [0.25, 0.3) is 5.69 Å². The van der Waals surface area contributed by atoms with Crippen LogP contribution in [0.1, 0.15) is 42.9 Å². The lowest BCUT2D eigenvalue weighted by Gasteiger charge is -2.12. The Hall–Kier alpha value is -2.22. The molecule has 0 fully saturated rings. The number of carbonyl (C=O) groups is 1. The molecule has 1 amide bonds. The van der Waals surface area contributed by atoms with Gasteiger partial charge in [-0.05, 0) is 54.6 Å². The molecule has 9 heteroatoms. The van der Waals surface area contributed by atoms with Crippen LogP contribution < -0.4 is 10.1 Å². The van der Waals surface area contributed by atoms with E-state index in [0.29, 0.717) is 28.0 Å². The molecule has 0 radical (unpaired) electrons. The summed E-state index contributed by atoms with van der Waals surface area (Å²) >= 11 is 13.8. The molecule has 0 atom stereocenters. The van der Waals surface area contributed by atoms with Crippen molar-refractivity contribution in [2.45, 2.75) is 38.4 Å². The molecule has 0 aliphatic carbocycles. The van der Waals surface area contributed by atoms with E-state index in [0.717, 1.165) is 35.2 Å². The number of amides is 1. The largest absolute Gasteiger partial charge is 0.494 e. The van der Waals surface area contributed by atoms with Gasteiger partial charge in [-0.25, -0.2) is 0 Å². The summed E-state index contributed by atoms with van der Waals surface area (Å²) in [7, 11) is 0. The predicted molar refractivity (Wildman–Crippen MR) is 126 cm³/mol.